The summed E-state index contributed by atoms with van der Waals surface area (Å²) < 4.78 is 51.5. The predicted molar refractivity (Wildman–Crippen MR) is 236 cm³/mol. The first-order valence-corrected chi connectivity index (χ1v) is 23.9. The number of amides is 3. The molecule has 5 aliphatic heterocycles. The van der Waals surface area contributed by atoms with Gasteiger partial charge in [0.25, 0.3) is 11.6 Å². The highest BCUT2D eigenvalue weighted by Gasteiger charge is 2.63. The highest BCUT2D eigenvalue weighted by atomic mass is 16.8. The van der Waals surface area contributed by atoms with Gasteiger partial charge in [0.2, 0.25) is 17.7 Å². The van der Waals surface area contributed by atoms with Crippen LogP contribution in [0.1, 0.15) is 33.6 Å². The molecule has 0 aromatic rings. The van der Waals surface area contributed by atoms with Crippen molar-refractivity contribution < 1.29 is 159 Å². The third-order valence-electron chi connectivity index (χ3n) is 13.5. The summed E-state index contributed by atoms with van der Waals surface area (Å²) in [6.45, 7) is -3.24. The number of carbonyl (C=O) groups excluding carboxylic acids is 3. The lowest BCUT2D eigenvalue weighted by Gasteiger charge is -2.52. The molecule has 0 aliphatic carbocycles. The maximum atomic E-state index is 13.7. The van der Waals surface area contributed by atoms with Crippen LogP contribution in [0.5, 0.6) is 0 Å². The molecule has 5 aliphatic rings. The molecule has 3 amide bonds. The summed E-state index contributed by atoms with van der Waals surface area (Å²) in [6.07, 6.45) is -50.7. The molecule has 0 aromatic carbocycles. The third kappa shape index (κ3) is 13.9. The van der Waals surface area contributed by atoms with Crippen molar-refractivity contribution in [2.24, 2.45) is 0 Å². The fourth-order valence-corrected chi connectivity index (χ4v) is 9.64. The SMILES string of the molecule is CC(=O)N[C@H]1[C@H](O[C@@H]2[C@H](O[C@]3(C(=O)O)C[C@H](O)[C@@H](NC(C)=O)[C@H]([C@H](O)[C@@H](CO)O[C@]4(C(=O)O)C[C@H](O)[C@@H](NC(C)=O)[C@H]([C@H](O)[C@H](O)CO)O4)O3)[C@@H](O)[C@H](O[C@H]3[C@H](O)[C@@H](O)[C@H](O)O[C@@H]3CO)O[C@@H]2CO)O[C@H](CO)[C@H](O)[C@@H]1O. The predicted octanol–water partition coefficient (Wildman–Crippen LogP) is -13.1. The van der Waals surface area contributed by atoms with Crippen LogP contribution in [-0.4, -0.2) is 319 Å². The highest BCUT2D eigenvalue weighted by molar-refractivity contribution is 5.77. The highest BCUT2D eigenvalue weighted by Crippen LogP contribution is 2.42. The van der Waals surface area contributed by atoms with E-state index in [2.05, 4.69) is 16.0 Å². The molecule has 35 heteroatoms. The zero-order valence-electron chi connectivity index (χ0n) is 41.1. The summed E-state index contributed by atoms with van der Waals surface area (Å²) in [5, 5.41) is 201. The molecule has 21 N–H and O–H groups in total. The molecule has 0 saturated carbocycles. The molecular formula is C42H69N3O32. The van der Waals surface area contributed by atoms with E-state index in [0.29, 0.717) is 0 Å². The van der Waals surface area contributed by atoms with Crippen LogP contribution in [-0.2, 0) is 66.6 Å². The first-order chi connectivity index (χ1) is 36.0. The summed E-state index contributed by atoms with van der Waals surface area (Å²) in [7, 11) is 0. The summed E-state index contributed by atoms with van der Waals surface area (Å²) in [4.78, 5) is 63.9. The van der Waals surface area contributed by atoms with Crippen LogP contribution < -0.4 is 16.0 Å². The van der Waals surface area contributed by atoms with Gasteiger partial charge in [0.15, 0.2) is 18.9 Å². The van der Waals surface area contributed by atoms with E-state index < -0.39 is 240 Å². The number of carbonyl (C=O) groups is 5. The van der Waals surface area contributed by atoms with E-state index in [-0.39, 0.29) is 0 Å². The van der Waals surface area contributed by atoms with Gasteiger partial charge in [-0.05, 0) is 0 Å². The largest absolute Gasteiger partial charge is 0.477 e. The molecule has 35 nitrogen and oxygen atoms in total. The van der Waals surface area contributed by atoms with E-state index >= 15 is 0 Å². The second-order valence-corrected chi connectivity index (χ2v) is 19.0. The first kappa shape index (κ1) is 64.2. The van der Waals surface area contributed by atoms with Crippen LogP contribution in [0.25, 0.3) is 0 Å². The summed E-state index contributed by atoms with van der Waals surface area (Å²) in [5.74, 6) is -14.1. The van der Waals surface area contributed by atoms with Gasteiger partial charge in [-0.2, -0.15) is 0 Å². The van der Waals surface area contributed by atoms with Gasteiger partial charge in [-0.1, -0.05) is 0 Å². The van der Waals surface area contributed by atoms with E-state index in [9.17, 15) is 116 Å². The second-order valence-electron chi connectivity index (χ2n) is 19.0. The van der Waals surface area contributed by atoms with E-state index in [4.69, 9.17) is 42.6 Å². The molecule has 0 bridgehead atoms. The normalized spacial score (nSPS) is 43.2. The average molecular weight is 1130 g/mol. The van der Waals surface area contributed by atoms with E-state index in [1.165, 1.54) is 0 Å². The fraction of sp³-hybridized carbons (Fsp3) is 0.881. The van der Waals surface area contributed by atoms with Gasteiger partial charge >= 0.3 is 11.9 Å². The topological polar surface area (TPSA) is 569 Å². The Morgan fingerprint density at radius 1 is 0.532 bits per heavy atom. The molecule has 0 spiro atoms. The van der Waals surface area contributed by atoms with Gasteiger partial charge in [0, 0.05) is 33.6 Å². The Labute approximate surface area is 434 Å². The molecule has 0 unspecified atom stereocenters. The van der Waals surface area contributed by atoms with Gasteiger partial charge in [0.05, 0.1) is 57.3 Å². The number of aliphatic carboxylic acids is 2. The molecule has 5 fully saturated rings. The molecule has 5 rings (SSSR count). The lowest BCUT2D eigenvalue weighted by Crippen LogP contribution is -2.72. The number of rotatable bonds is 22. The van der Waals surface area contributed by atoms with Gasteiger partial charge in [-0.25, -0.2) is 9.59 Å². The number of hydrogen-bond acceptors (Lipinski definition) is 30. The van der Waals surface area contributed by atoms with Crippen LogP contribution in [0, 0.1) is 0 Å². The van der Waals surface area contributed by atoms with Crippen molar-refractivity contribution >= 4 is 29.7 Å². The summed E-state index contributed by atoms with van der Waals surface area (Å²) in [6, 6.07) is -5.55. The Morgan fingerprint density at radius 2 is 1.00 bits per heavy atom. The van der Waals surface area contributed by atoms with Crippen molar-refractivity contribution in [2.45, 2.75) is 198 Å². The minimum absolute atomic E-state index is 0.873. The monoisotopic (exact) mass is 1130 g/mol. The second kappa shape index (κ2) is 26.7. The molecule has 5 heterocycles. The quantitative estimate of drug-likeness (QED) is 0.0479. The number of ether oxygens (including phenoxy) is 9. The van der Waals surface area contributed by atoms with Crippen molar-refractivity contribution in [2.75, 3.05) is 33.0 Å². The lowest BCUT2D eigenvalue weighted by atomic mass is 9.87. The first-order valence-electron chi connectivity index (χ1n) is 23.9. The Kier molecular flexibility index (Phi) is 22.3. The van der Waals surface area contributed by atoms with Crippen LogP contribution in [0.4, 0.5) is 0 Å². The molecule has 27 atom stereocenters. The van der Waals surface area contributed by atoms with Gasteiger partial charge in [0.1, 0.15) is 110 Å². The number of carboxylic acids is 2. The van der Waals surface area contributed by atoms with Crippen LogP contribution in [0.15, 0.2) is 0 Å². The Bertz CT molecular complexity index is 2000. The number of aliphatic hydroxyl groups is 16. The Hall–Kier alpha value is -3.65. The Morgan fingerprint density at radius 3 is 1.49 bits per heavy atom. The van der Waals surface area contributed by atoms with Crippen LogP contribution in [0.2, 0.25) is 0 Å². The standard InChI is InChI=1S/C42H69N3O32/c1-11(51)43-21-14(54)4-41(39(65)66,75-33(21)24(57)16(56)6-46)74-18(8-48)26(59)34-22(44-12(2)52)15(55)5-42(76-34,40(67)68)77-35-30(63)38(72-31-19(9-49)69-36(64)29(62)28(31)61)71-20(10-50)32(35)73-37-23(45-13(3)53)27(60)25(58)17(7-47)70-37/h14-38,46-50,54-64H,4-10H2,1-3H3,(H,43,51)(H,44,52)(H,45,53)(H,65,66)(H,67,68)/t14-,15-,16+,17+,18+,19+,20+,21+,22+,23+,24+,25-,26+,27+,28+,29+,30+,31+,32-,33+,34+,35+,36+,37-,38-,41+,42-/m0/s1. The lowest BCUT2D eigenvalue weighted by molar-refractivity contribution is -0.401. The fourth-order valence-electron chi connectivity index (χ4n) is 9.64. The molecule has 0 radical (unpaired) electrons. The van der Waals surface area contributed by atoms with Crippen molar-refractivity contribution in [1.82, 2.24) is 16.0 Å². The van der Waals surface area contributed by atoms with Crippen molar-refractivity contribution in [3.8, 4) is 0 Å². The Balaban J connectivity index is 1.61. The summed E-state index contributed by atoms with van der Waals surface area (Å²) >= 11 is 0. The number of hydrogen-bond donors (Lipinski definition) is 21. The molecule has 444 valence electrons. The molecule has 77 heavy (non-hydrogen) atoms. The van der Waals surface area contributed by atoms with E-state index in [0.717, 1.165) is 20.8 Å². The maximum absolute atomic E-state index is 13.7. The zero-order chi connectivity index (χ0) is 57.8. The van der Waals surface area contributed by atoms with Gasteiger partial charge in [-0.3, -0.25) is 14.4 Å². The minimum atomic E-state index is -3.53. The average Bonchev–Trinajstić information content (AvgIpc) is 3.38. The summed E-state index contributed by atoms with van der Waals surface area (Å²) in [5.41, 5.74) is 0. The third-order valence-corrected chi connectivity index (χ3v) is 13.5. The zero-order valence-corrected chi connectivity index (χ0v) is 41.1. The van der Waals surface area contributed by atoms with Gasteiger partial charge in [-0.15, -0.1) is 0 Å². The number of aliphatic hydroxyl groups excluding tert-OH is 16. The minimum Gasteiger partial charge on any atom is -0.477 e. The molecule has 5 saturated heterocycles. The number of nitrogens with one attached hydrogen (secondary N) is 3. The molecular weight excluding hydrogens is 1060 g/mol. The van der Waals surface area contributed by atoms with E-state index in [1.807, 2.05) is 0 Å². The molecule has 0 aromatic heterocycles. The van der Waals surface area contributed by atoms with E-state index in [1.54, 1.807) is 0 Å². The van der Waals surface area contributed by atoms with Crippen molar-refractivity contribution in [3.05, 3.63) is 0 Å². The van der Waals surface area contributed by atoms with Gasteiger partial charge < -0.3 is 150 Å². The van der Waals surface area contributed by atoms with Crippen molar-refractivity contribution in [3.63, 3.8) is 0 Å². The van der Waals surface area contributed by atoms with Crippen molar-refractivity contribution in [1.29, 1.82) is 0 Å². The maximum Gasteiger partial charge on any atom is 0.364 e. The smallest absolute Gasteiger partial charge is 0.364 e. The van der Waals surface area contributed by atoms with Crippen LogP contribution in [0.3, 0.4) is 0 Å². The van der Waals surface area contributed by atoms with Crippen LogP contribution >= 0.6 is 0 Å². The number of carboxylic acid groups (broad SMARTS) is 2.